The Morgan fingerprint density at radius 3 is 2.35 bits per heavy atom. The van der Waals surface area contributed by atoms with Crippen LogP contribution >= 0.6 is 0 Å². The Balaban J connectivity index is 2.10. The second kappa shape index (κ2) is 4.71. The molecule has 20 heavy (non-hydrogen) atoms. The van der Waals surface area contributed by atoms with E-state index in [9.17, 15) is 0 Å². The second-order valence-corrected chi connectivity index (χ2v) is 5.60. The fraction of sp³-hybridized carbons (Fsp3) is 0.222. The molecule has 0 saturated heterocycles. The molecule has 0 aliphatic carbocycles. The Morgan fingerprint density at radius 2 is 1.65 bits per heavy atom. The van der Waals surface area contributed by atoms with Crippen molar-refractivity contribution < 1.29 is 4.74 Å². The van der Waals surface area contributed by atoms with Gasteiger partial charge in [0.15, 0.2) is 0 Å². The van der Waals surface area contributed by atoms with Gasteiger partial charge in [0.2, 0.25) is 0 Å². The summed E-state index contributed by atoms with van der Waals surface area (Å²) in [6, 6.07) is 16.8. The zero-order valence-corrected chi connectivity index (χ0v) is 12.1. The van der Waals surface area contributed by atoms with E-state index < -0.39 is 0 Å². The maximum atomic E-state index is 5.24. The zero-order chi connectivity index (χ0) is 14.2. The average molecular weight is 265 g/mol. The molecule has 0 atom stereocenters. The number of aromatic amines is 1. The van der Waals surface area contributed by atoms with E-state index in [1.165, 1.54) is 22.0 Å². The summed E-state index contributed by atoms with van der Waals surface area (Å²) >= 11 is 0. The molecule has 0 aliphatic heterocycles. The molecule has 2 nitrogen and oxygen atoms in total. The quantitative estimate of drug-likeness (QED) is 0.741. The number of hydrogen-bond acceptors (Lipinski definition) is 1. The summed E-state index contributed by atoms with van der Waals surface area (Å²) in [5.74, 6) is 0.892. The smallest absolute Gasteiger partial charge is 0.118 e. The van der Waals surface area contributed by atoms with Gasteiger partial charge in [-0.1, -0.05) is 44.2 Å². The van der Waals surface area contributed by atoms with Gasteiger partial charge in [0.05, 0.1) is 7.11 Å². The monoisotopic (exact) mass is 265 g/mol. The number of rotatable bonds is 3. The first kappa shape index (κ1) is 12.8. The van der Waals surface area contributed by atoms with Crippen molar-refractivity contribution in [2.45, 2.75) is 19.3 Å². The molecule has 0 saturated carbocycles. The van der Waals surface area contributed by atoms with Crippen LogP contribution in [0.4, 0.5) is 0 Å². The van der Waals surface area contributed by atoms with Gasteiger partial charge < -0.3 is 9.72 Å². The van der Waals surface area contributed by atoms with E-state index >= 15 is 0 Å². The maximum Gasteiger partial charge on any atom is 0.118 e. The highest BCUT2D eigenvalue weighted by Crippen LogP contribution is 2.36. The lowest BCUT2D eigenvalue weighted by Gasteiger charge is -2.25. The van der Waals surface area contributed by atoms with Crippen LogP contribution in [0.2, 0.25) is 0 Å². The van der Waals surface area contributed by atoms with E-state index in [-0.39, 0.29) is 5.41 Å². The summed E-state index contributed by atoms with van der Waals surface area (Å²) in [4.78, 5) is 3.36. The number of fused-ring (bicyclic) bond motifs is 1. The summed E-state index contributed by atoms with van der Waals surface area (Å²) in [5, 5.41) is 1.29. The third kappa shape index (κ3) is 1.97. The van der Waals surface area contributed by atoms with E-state index in [0.717, 1.165) is 5.75 Å². The minimum Gasteiger partial charge on any atom is -0.497 e. The molecule has 1 aromatic heterocycles. The molecule has 0 spiro atoms. The van der Waals surface area contributed by atoms with Crippen LogP contribution < -0.4 is 4.74 Å². The molecule has 102 valence electrons. The standard InChI is InChI=1S/C18H19NO/c1-18(2,13-8-10-14(20-3)11-9-13)16-12-19-17-7-5-4-6-15(16)17/h4-12,19H,1-3H3. The Labute approximate surface area is 119 Å². The van der Waals surface area contributed by atoms with Crippen LogP contribution in [0.25, 0.3) is 10.9 Å². The number of hydrogen-bond donors (Lipinski definition) is 1. The number of aromatic nitrogens is 1. The normalized spacial score (nSPS) is 11.8. The summed E-state index contributed by atoms with van der Waals surface area (Å²) in [6.07, 6.45) is 2.12. The predicted octanol–water partition coefficient (Wildman–Crippen LogP) is 4.50. The molecule has 1 N–H and O–H groups in total. The number of nitrogens with one attached hydrogen (secondary N) is 1. The fourth-order valence-electron chi connectivity index (χ4n) is 2.75. The molecule has 3 rings (SSSR count). The minimum absolute atomic E-state index is 0.0497. The van der Waals surface area contributed by atoms with Crippen molar-refractivity contribution in [3.05, 3.63) is 65.9 Å². The summed E-state index contributed by atoms with van der Waals surface area (Å²) < 4.78 is 5.24. The van der Waals surface area contributed by atoms with Crippen LogP contribution in [0.1, 0.15) is 25.0 Å². The van der Waals surface area contributed by atoms with Gasteiger partial charge in [-0.2, -0.15) is 0 Å². The van der Waals surface area contributed by atoms with Crippen molar-refractivity contribution >= 4 is 10.9 Å². The van der Waals surface area contributed by atoms with Crippen LogP contribution in [0.3, 0.4) is 0 Å². The summed E-state index contributed by atoms with van der Waals surface area (Å²) in [6.45, 7) is 4.51. The molecule has 0 radical (unpaired) electrons. The first-order valence-corrected chi connectivity index (χ1v) is 6.84. The fourth-order valence-corrected chi connectivity index (χ4v) is 2.75. The Bertz CT molecular complexity index is 723. The zero-order valence-electron chi connectivity index (χ0n) is 12.1. The summed E-state index contributed by atoms with van der Waals surface area (Å²) in [7, 11) is 1.69. The second-order valence-electron chi connectivity index (χ2n) is 5.60. The molecule has 0 amide bonds. The number of H-pyrrole nitrogens is 1. The molecule has 3 aromatic rings. The van der Waals surface area contributed by atoms with Crippen LogP contribution in [-0.2, 0) is 5.41 Å². The van der Waals surface area contributed by atoms with Crippen LogP contribution in [0.5, 0.6) is 5.75 Å². The predicted molar refractivity (Wildman–Crippen MR) is 83.4 cm³/mol. The van der Waals surface area contributed by atoms with Crippen molar-refractivity contribution in [2.24, 2.45) is 0 Å². The highest BCUT2D eigenvalue weighted by Gasteiger charge is 2.25. The maximum absolute atomic E-state index is 5.24. The lowest BCUT2D eigenvalue weighted by atomic mass is 9.78. The van der Waals surface area contributed by atoms with E-state index in [2.05, 4.69) is 61.4 Å². The lowest BCUT2D eigenvalue weighted by Crippen LogP contribution is -2.18. The van der Waals surface area contributed by atoms with E-state index in [0.29, 0.717) is 0 Å². The van der Waals surface area contributed by atoms with Gasteiger partial charge in [0.1, 0.15) is 5.75 Å². The van der Waals surface area contributed by atoms with E-state index in [1.54, 1.807) is 7.11 Å². The van der Waals surface area contributed by atoms with Gasteiger partial charge >= 0.3 is 0 Å². The van der Waals surface area contributed by atoms with E-state index in [1.807, 2.05) is 12.1 Å². The third-order valence-corrected chi connectivity index (χ3v) is 4.07. The van der Waals surface area contributed by atoms with Crippen molar-refractivity contribution in [2.75, 3.05) is 7.11 Å². The topological polar surface area (TPSA) is 25.0 Å². The van der Waals surface area contributed by atoms with Gasteiger partial charge in [0, 0.05) is 22.5 Å². The minimum atomic E-state index is -0.0497. The van der Waals surface area contributed by atoms with Crippen LogP contribution in [0.15, 0.2) is 54.7 Å². The van der Waals surface area contributed by atoms with Gasteiger partial charge in [-0.3, -0.25) is 0 Å². The molecule has 2 aromatic carbocycles. The van der Waals surface area contributed by atoms with Gasteiger partial charge in [-0.15, -0.1) is 0 Å². The van der Waals surface area contributed by atoms with Crippen LogP contribution in [-0.4, -0.2) is 12.1 Å². The lowest BCUT2D eigenvalue weighted by molar-refractivity contribution is 0.414. The van der Waals surface area contributed by atoms with Gasteiger partial charge in [0.25, 0.3) is 0 Å². The van der Waals surface area contributed by atoms with Crippen molar-refractivity contribution in [3.63, 3.8) is 0 Å². The molecule has 0 fully saturated rings. The van der Waals surface area contributed by atoms with Crippen LogP contribution in [0, 0.1) is 0 Å². The number of methoxy groups -OCH3 is 1. The number of para-hydroxylation sites is 1. The molecular formula is C18H19NO. The molecule has 0 aliphatic rings. The number of benzene rings is 2. The largest absolute Gasteiger partial charge is 0.497 e. The third-order valence-electron chi connectivity index (χ3n) is 4.07. The first-order chi connectivity index (χ1) is 9.63. The molecular weight excluding hydrogens is 246 g/mol. The first-order valence-electron chi connectivity index (χ1n) is 6.84. The summed E-state index contributed by atoms with van der Waals surface area (Å²) in [5.41, 5.74) is 3.73. The molecule has 0 bridgehead atoms. The Morgan fingerprint density at radius 1 is 0.950 bits per heavy atom. The SMILES string of the molecule is COc1ccc(C(C)(C)c2c[nH]c3ccccc23)cc1. The Hall–Kier alpha value is -2.22. The highest BCUT2D eigenvalue weighted by molar-refractivity contribution is 5.84. The molecule has 2 heteroatoms. The van der Waals surface area contributed by atoms with Gasteiger partial charge in [-0.25, -0.2) is 0 Å². The van der Waals surface area contributed by atoms with Gasteiger partial charge in [-0.05, 0) is 29.3 Å². The average Bonchev–Trinajstić information content (AvgIpc) is 2.92. The Kier molecular flexibility index (Phi) is 3.01. The van der Waals surface area contributed by atoms with Crippen molar-refractivity contribution in [1.29, 1.82) is 0 Å². The van der Waals surface area contributed by atoms with Crippen molar-refractivity contribution in [3.8, 4) is 5.75 Å². The molecule has 0 unspecified atom stereocenters. The highest BCUT2D eigenvalue weighted by atomic mass is 16.5. The van der Waals surface area contributed by atoms with E-state index in [4.69, 9.17) is 4.74 Å². The number of ether oxygens (including phenoxy) is 1. The molecule has 1 heterocycles. The van der Waals surface area contributed by atoms with Crippen molar-refractivity contribution in [1.82, 2.24) is 4.98 Å².